The van der Waals surface area contributed by atoms with E-state index in [1.54, 1.807) is 0 Å². The van der Waals surface area contributed by atoms with Gasteiger partial charge >= 0.3 is 0 Å². The second kappa shape index (κ2) is 16.7. The monoisotopic (exact) mass is 449 g/mol. The molecule has 8 nitrogen and oxygen atoms in total. The van der Waals surface area contributed by atoms with Crippen LogP contribution in [-0.2, 0) is 0 Å². The van der Waals surface area contributed by atoms with Gasteiger partial charge in [0.25, 0.3) is 0 Å². The fourth-order valence-electron chi connectivity index (χ4n) is 3.94. The van der Waals surface area contributed by atoms with E-state index in [0.717, 1.165) is 72.0 Å². The van der Waals surface area contributed by atoms with Crippen molar-refractivity contribution in [3.8, 4) is 0 Å². The van der Waals surface area contributed by atoms with Gasteiger partial charge in [-0.25, -0.2) is 0 Å². The van der Waals surface area contributed by atoms with Gasteiger partial charge in [-0.3, -0.25) is 9.80 Å². The first-order valence-electron chi connectivity index (χ1n) is 11.7. The zero-order valence-corrected chi connectivity index (χ0v) is 20.8. The number of aliphatic hydroxyl groups excluding tert-OH is 3. The summed E-state index contributed by atoms with van der Waals surface area (Å²) in [4.78, 5) is 11.9. The molecule has 0 aliphatic carbocycles. The minimum absolute atomic E-state index is 0.251. The number of β-amino-alcohol motifs (C(OH)–C–C–N with tert-alkyl or cyclic N) is 1. The lowest BCUT2D eigenvalue weighted by Crippen LogP contribution is -2.48. The van der Waals surface area contributed by atoms with Crippen LogP contribution in [0, 0.1) is 0 Å². The standard InChI is InChI=1S/C21H48N5O3P/c1-4-22-7-9-23(5-2)11-13-25(14-12-24(6-3)10-8-22)15-20(28)16-26(19-30)17-21(29)18-27/h20-21,27-29H,4-19,30H2,1-3H3. The molecule has 1 saturated heterocycles. The molecule has 30 heavy (non-hydrogen) atoms. The Bertz CT molecular complexity index is 404. The van der Waals surface area contributed by atoms with Crippen molar-refractivity contribution < 1.29 is 15.3 Å². The average molecular weight is 450 g/mol. The van der Waals surface area contributed by atoms with Crippen LogP contribution in [0.2, 0.25) is 0 Å². The van der Waals surface area contributed by atoms with Crippen molar-refractivity contribution in [3.63, 3.8) is 0 Å². The predicted octanol–water partition coefficient (Wildman–Crippen LogP) is -0.884. The van der Waals surface area contributed by atoms with Crippen LogP contribution in [0.15, 0.2) is 0 Å². The van der Waals surface area contributed by atoms with Gasteiger partial charge in [-0.05, 0) is 19.6 Å². The van der Waals surface area contributed by atoms with E-state index < -0.39 is 12.2 Å². The molecule has 0 bridgehead atoms. The fourth-order valence-corrected chi connectivity index (χ4v) is 4.24. The summed E-state index contributed by atoms with van der Waals surface area (Å²) in [6.07, 6.45) is -0.585. The van der Waals surface area contributed by atoms with E-state index in [4.69, 9.17) is 5.11 Å². The van der Waals surface area contributed by atoms with E-state index in [2.05, 4.69) is 49.6 Å². The van der Waals surface area contributed by atoms with Crippen LogP contribution in [0.5, 0.6) is 0 Å². The first kappa shape index (κ1) is 28.1. The van der Waals surface area contributed by atoms with Gasteiger partial charge < -0.3 is 30.0 Å². The average Bonchev–Trinajstić information content (AvgIpc) is 2.75. The fraction of sp³-hybridized carbons (Fsp3) is 1.00. The Morgan fingerprint density at radius 2 is 1.07 bits per heavy atom. The van der Waals surface area contributed by atoms with E-state index in [0.29, 0.717) is 25.9 Å². The van der Waals surface area contributed by atoms with Gasteiger partial charge in [0.15, 0.2) is 0 Å². The van der Waals surface area contributed by atoms with Crippen molar-refractivity contribution in [2.45, 2.75) is 33.0 Å². The largest absolute Gasteiger partial charge is 0.394 e. The number of nitrogens with zero attached hydrogens (tertiary/aromatic N) is 5. The molecule has 0 amide bonds. The highest BCUT2D eigenvalue weighted by Crippen LogP contribution is 2.04. The molecule has 0 radical (unpaired) electrons. The number of hydrogen-bond acceptors (Lipinski definition) is 8. The Morgan fingerprint density at radius 3 is 1.40 bits per heavy atom. The molecular formula is C21H48N5O3P. The summed E-state index contributed by atoms with van der Waals surface area (Å²) >= 11 is 0. The van der Waals surface area contributed by atoms with Gasteiger partial charge in [0.2, 0.25) is 0 Å². The summed E-state index contributed by atoms with van der Waals surface area (Å²) in [5, 5.41) is 29.5. The van der Waals surface area contributed by atoms with Crippen LogP contribution in [0.4, 0.5) is 0 Å². The van der Waals surface area contributed by atoms with Crippen molar-refractivity contribution in [1.29, 1.82) is 0 Å². The van der Waals surface area contributed by atoms with Crippen LogP contribution in [0.1, 0.15) is 20.8 Å². The molecule has 3 N–H and O–H groups in total. The molecule has 180 valence electrons. The number of rotatable bonds is 11. The first-order chi connectivity index (χ1) is 14.4. The lowest BCUT2D eigenvalue weighted by Gasteiger charge is -2.34. The molecule has 1 rings (SSSR count). The molecule has 1 aliphatic heterocycles. The molecule has 1 fully saturated rings. The predicted molar refractivity (Wildman–Crippen MR) is 128 cm³/mol. The van der Waals surface area contributed by atoms with Crippen LogP contribution in [-0.4, -0.2) is 157 Å². The molecule has 1 heterocycles. The highest BCUT2D eigenvalue weighted by Gasteiger charge is 2.19. The van der Waals surface area contributed by atoms with Gasteiger partial charge in [-0.15, -0.1) is 9.24 Å². The van der Waals surface area contributed by atoms with E-state index >= 15 is 0 Å². The van der Waals surface area contributed by atoms with Crippen molar-refractivity contribution in [1.82, 2.24) is 24.5 Å². The molecule has 0 aromatic carbocycles. The van der Waals surface area contributed by atoms with Gasteiger partial charge in [-0.2, -0.15) is 0 Å². The lowest BCUT2D eigenvalue weighted by molar-refractivity contribution is 0.0339. The lowest BCUT2D eigenvalue weighted by atomic mass is 10.2. The summed E-state index contributed by atoms with van der Waals surface area (Å²) in [6.45, 7) is 19.5. The Kier molecular flexibility index (Phi) is 15.7. The van der Waals surface area contributed by atoms with E-state index in [1.807, 2.05) is 4.90 Å². The van der Waals surface area contributed by atoms with Crippen molar-refractivity contribution >= 4 is 9.24 Å². The molecule has 0 aromatic rings. The third-order valence-corrected chi connectivity index (χ3v) is 6.66. The SMILES string of the molecule is CCN1CCN(CC)CCN(CC(O)CN(CP)CC(O)CO)CCN(CC)CC1. The van der Waals surface area contributed by atoms with E-state index in [-0.39, 0.29) is 6.61 Å². The molecule has 1 aliphatic rings. The van der Waals surface area contributed by atoms with Gasteiger partial charge in [0.05, 0.1) is 18.8 Å². The molecule has 3 atom stereocenters. The summed E-state index contributed by atoms with van der Waals surface area (Å²) in [5.74, 6) is 0. The normalized spacial score (nSPS) is 22.0. The molecular weight excluding hydrogens is 401 g/mol. The maximum Gasteiger partial charge on any atom is 0.0897 e. The van der Waals surface area contributed by atoms with Crippen LogP contribution in [0.25, 0.3) is 0 Å². The van der Waals surface area contributed by atoms with Gasteiger partial charge in [0.1, 0.15) is 0 Å². The number of hydrogen-bond donors (Lipinski definition) is 3. The van der Waals surface area contributed by atoms with Gasteiger partial charge in [-0.1, -0.05) is 20.8 Å². The summed E-state index contributed by atoms with van der Waals surface area (Å²) in [6, 6.07) is 0. The smallest absolute Gasteiger partial charge is 0.0897 e. The summed E-state index contributed by atoms with van der Waals surface area (Å²) < 4.78 is 0. The number of likely N-dealkylation sites (N-methyl/N-ethyl adjacent to an activating group) is 3. The molecule has 0 spiro atoms. The zero-order valence-electron chi connectivity index (χ0n) is 19.6. The molecule has 9 heteroatoms. The quantitative estimate of drug-likeness (QED) is 0.351. The molecule has 0 saturated carbocycles. The zero-order chi connectivity index (χ0) is 22.4. The highest BCUT2D eigenvalue weighted by atomic mass is 31.0. The number of aliphatic hydroxyl groups is 3. The third kappa shape index (κ3) is 11.7. The second-order valence-electron chi connectivity index (χ2n) is 8.31. The maximum atomic E-state index is 10.7. The van der Waals surface area contributed by atoms with Crippen molar-refractivity contribution in [3.05, 3.63) is 0 Å². The Morgan fingerprint density at radius 1 is 0.700 bits per heavy atom. The Labute approximate surface area is 187 Å². The topological polar surface area (TPSA) is 76.9 Å². The highest BCUT2D eigenvalue weighted by molar-refractivity contribution is 7.16. The van der Waals surface area contributed by atoms with Crippen molar-refractivity contribution in [2.75, 3.05) is 105 Å². The van der Waals surface area contributed by atoms with Crippen LogP contribution >= 0.6 is 9.24 Å². The minimum Gasteiger partial charge on any atom is -0.394 e. The summed E-state index contributed by atoms with van der Waals surface area (Å²) in [5.41, 5.74) is 0. The Balaban J connectivity index is 2.68. The van der Waals surface area contributed by atoms with Gasteiger partial charge in [0, 0.05) is 78.3 Å². The Hall–Kier alpha value is 0.110. The summed E-state index contributed by atoms with van der Waals surface area (Å²) in [7, 11) is 2.64. The third-order valence-electron chi connectivity index (χ3n) is 6.15. The first-order valence-corrected chi connectivity index (χ1v) is 12.6. The second-order valence-corrected chi connectivity index (χ2v) is 8.68. The maximum absolute atomic E-state index is 10.7. The van der Waals surface area contributed by atoms with E-state index in [1.165, 1.54) is 0 Å². The molecule has 0 aromatic heterocycles. The van der Waals surface area contributed by atoms with E-state index in [9.17, 15) is 10.2 Å². The minimum atomic E-state index is -0.765. The van der Waals surface area contributed by atoms with Crippen LogP contribution in [0.3, 0.4) is 0 Å². The molecule has 3 unspecified atom stereocenters. The van der Waals surface area contributed by atoms with Crippen molar-refractivity contribution in [2.24, 2.45) is 0 Å². The van der Waals surface area contributed by atoms with Crippen LogP contribution < -0.4 is 0 Å².